The molecule has 170 valence electrons. The number of methoxy groups -OCH3 is 3. The highest BCUT2D eigenvalue weighted by atomic mass is 79.9. The second-order valence-electron chi connectivity index (χ2n) is 7.86. The van der Waals surface area contributed by atoms with E-state index >= 15 is 0 Å². The van der Waals surface area contributed by atoms with E-state index in [0.29, 0.717) is 6.54 Å². The van der Waals surface area contributed by atoms with Crippen molar-refractivity contribution in [2.75, 3.05) is 26.6 Å². The Labute approximate surface area is 195 Å². The number of aromatic nitrogens is 3. The van der Waals surface area contributed by atoms with Crippen molar-refractivity contribution in [3.05, 3.63) is 46.6 Å². The Balaban J connectivity index is 1.55. The molecule has 32 heavy (non-hydrogen) atoms. The van der Waals surface area contributed by atoms with Crippen molar-refractivity contribution in [1.82, 2.24) is 14.4 Å². The van der Waals surface area contributed by atoms with E-state index in [1.807, 2.05) is 24.4 Å². The number of fused-ring (bicyclic) bond motifs is 1. The molecule has 2 aromatic heterocycles. The predicted octanol–water partition coefficient (Wildman–Crippen LogP) is 4.57. The Morgan fingerprint density at radius 2 is 1.97 bits per heavy atom. The summed E-state index contributed by atoms with van der Waals surface area (Å²) in [6.45, 7) is 0.539. The maximum absolute atomic E-state index is 11.9. The summed E-state index contributed by atoms with van der Waals surface area (Å²) in [5, 5.41) is 3.42. The lowest BCUT2D eigenvalue weighted by molar-refractivity contribution is -0.146. The minimum atomic E-state index is -0.109. The number of benzene rings is 1. The molecule has 0 amide bonds. The second-order valence-corrected chi connectivity index (χ2v) is 8.61. The topological polar surface area (TPSA) is 87.0 Å². The average Bonchev–Trinajstić information content (AvgIpc) is 3.19. The van der Waals surface area contributed by atoms with Crippen LogP contribution in [0, 0.1) is 5.92 Å². The molecule has 0 spiro atoms. The zero-order valence-corrected chi connectivity index (χ0v) is 20.0. The summed E-state index contributed by atoms with van der Waals surface area (Å²) in [4.78, 5) is 21.2. The minimum Gasteiger partial charge on any atom is -0.497 e. The van der Waals surface area contributed by atoms with Crippen molar-refractivity contribution >= 4 is 33.2 Å². The molecule has 1 fully saturated rings. The molecule has 2 heterocycles. The average molecular weight is 503 g/mol. The van der Waals surface area contributed by atoms with Gasteiger partial charge in [-0.25, -0.2) is 9.97 Å². The van der Waals surface area contributed by atoms with Crippen molar-refractivity contribution in [2.45, 2.75) is 38.1 Å². The number of hydrogen-bond donors (Lipinski definition) is 1. The van der Waals surface area contributed by atoms with Gasteiger partial charge in [-0.1, -0.05) is 0 Å². The van der Waals surface area contributed by atoms with Gasteiger partial charge in [0.1, 0.15) is 27.4 Å². The number of hydrogen-bond acceptors (Lipinski definition) is 7. The molecule has 0 radical (unpaired) electrons. The monoisotopic (exact) mass is 502 g/mol. The van der Waals surface area contributed by atoms with E-state index in [4.69, 9.17) is 19.2 Å². The van der Waals surface area contributed by atoms with Gasteiger partial charge in [-0.05, 0) is 53.7 Å². The number of esters is 1. The molecule has 1 aliphatic rings. The largest absolute Gasteiger partial charge is 0.497 e. The van der Waals surface area contributed by atoms with E-state index in [1.165, 1.54) is 7.11 Å². The number of ether oxygens (including phenoxy) is 3. The summed E-state index contributed by atoms with van der Waals surface area (Å²) in [5.41, 5.74) is 1.89. The van der Waals surface area contributed by atoms with E-state index in [-0.39, 0.29) is 17.8 Å². The summed E-state index contributed by atoms with van der Waals surface area (Å²) in [6, 6.07) is 5.75. The molecule has 3 aromatic rings. The van der Waals surface area contributed by atoms with Crippen LogP contribution in [0.3, 0.4) is 0 Å². The lowest BCUT2D eigenvalue weighted by Crippen LogP contribution is -2.23. The van der Waals surface area contributed by atoms with E-state index in [2.05, 4.69) is 30.6 Å². The highest BCUT2D eigenvalue weighted by molar-refractivity contribution is 9.10. The van der Waals surface area contributed by atoms with Gasteiger partial charge in [-0.15, -0.1) is 0 Å². The molecular weight excluding hydrogens is 476 g/mol. The molecule has 1 aliphatic carbocycles. The molecule has 0 bridgehead atoms. The van der Waals surface area contributed by atoms with Gasteiger partial charge in [-0.2, -0.15) is 0 Å². The second kappa shape index (κ2) is 9.77. The number of halogens is 1. The quantitative estimate of drug-likeness (QED) is 0.473. The highest BCUT2D eigenvalue weighted by Crippen LogP contribution is 2.38. The first-order chi connectivity index (χ1) is 15.5. The lowest BCUT2D eigenvalue weighted by Gasteiger charge is -2.26. The molecule has 0 saturated heterocycles. The normalized spacial score (nSPS) is 18.4. The molecule has 4 rings (SSSR count). The molecular formula is C23H27BrN4O4. The third-order valence-electron chi connectivity index (χ3n) is 6.11. The number of rotatable bonds is 7. The summed E-state index contributed by atoms with van der Waals surface area (Å²) >= 11 is 3.63. The summed E-state index contributed by atoms with van der Waals surface area (Å²) < 4.78 is 18.5. The van der Waals surface area contributed by atoms with Crippen LogP contribution in [-0.4, -0.2) is 41.7 Å². The van der Waals surface area contributed by atoms with Gasteiger partial charge in [0.25, 0.3) is 0 Å². The number of imidazole rings is 1. The number of nitrogens with one attached hydrogen (secondary N) is 1. The van der Waals surface area contributed by atoms with Crippen LogP contribution >= 0.6 is 15.9 Å². The van der Waals surface area contributed by atoms with Crippen molar-refractivity contribution < 1.29 is 19.0 Å². The molecule has 8 nitrogen and oxygen atoms in total. The van der Waals surface area contributed by atoms with Gasteiger partial charge in [0.05, 0.1) is 27.2 Å². The van der Waals surface area contributed by atoms with Crippen LogP contribution in [0.5, 0.6) is 11.5 Å². The molecule has 0 unspecified atom stereocenters. The lowest BCUT2D eigenvalue weighted by atomic mass is 9.81. The Kier molecular flexibility index (Phi) is 6.83. The van der Waals surface area contributed by atoms with Gasteiger partial charge in [-0.3, -0.25) is 9.20 Å². The van der Waals surface area contributed by atoms with Crippen molar-refractivity contribution in [1.29, 1.82) is 0 Å². The van der Waals surface area contributed by atoms with Crippen LogP contribution < -0.4 is 14.8 Å². The summed E-state index contributed by atoms with van der Waals surface area (Å²) in [7, 11) is 4.73. The van der Waals surface area contributed by atoms with E-state index < -0.39 is 0 Å². The zero-order valence-electron chi connectivity index (χ0n) is 18.4. The van der Waals surface area contributed by atoms with E-state index in [9.17, 15) is 4.79 Å². The first-order valence-corrected chi connectivity index (χ1v) is 11.4. The Bertz CT molecular complexity index is 1110. The van der Waals surface area contributed by atoms with Crippen LogP contribution in [-0.2, 0) is 16.1 Å². The van der Waals surface area contributed by atoms with Crippen LogP contribution in [0.4, 0.5) is 5.82 Å². The fourth-order valence-electron chi connectivity index (χ4n) is 4.37. The molecule has 0 atom stereocenters. The first-order valence-electron chi connectivity index (χ1n) is 10.6. The smallest absolute Gasteiger partial charge is 0.308 e. The maximum Gasteiger partial charge on any atom is 0.308 e. The molecule has 1 saturated carbocycles. The summed E-state index contributed by atoms with van der Waals surface area (Å²) in [6.07, 6.45) is 7.15. The Morgan fingerprint density at radius 1 is 1.19 bits per heavy atom. The van der Waals surface area contributed by atoms with E-state index in [0.717, 1.165) is 64.5 Å². The molecule has 0 aliphatic heterocycles. The zero-order chi connectivity index (χ0) is 22.7. The van der Waals surface area contributed by atoms with Gasteiger partial charge in [0.2, 0.25) is 0 Å². The minimum absolute atomic E-state index is 0.00992. The molecule has 9 heteroatoms. The Hall–Kier alpha value is -2.81. The van der Waals surface area contributed by atoms with Crippen LogP contribution in [0.1, 0.15) is 43.0 Å². The Morgan fingerprint density at radius 3 is 2.66 bits per heavy atom. The molecule has 1 aromatic carbocycles. The molecule has 1 N–H and O–H groups in total. The van der Waals surface area contributed by atoms with Gasteiger partial charge >= 0.3 is 5.97 Å². The van der Waals surface area contributed by atoms with Gasteiger partial charge < -0.3 is 19.5 Å². The van der Waals surface area contributed by atoms with Gasteiger partial charge in [0.15, 0.2) is 5.82 Å². The first kappa shape index (κ1) is 22.4. The standard InChI is InChI=1S/C23H27BrN4O4/c1-30-17-9-8-16(18(12-17)31-2)13-26-21-19-20(24)27-22(28(19)11-10-25-21)14-4-6-15(7-5-14)23(29)32-3/h8-12,14-15H,4-7,13H2,1-3H3,(H,25,26)/t14-,15-. The van der Waals surface area contributed by atoms with Crippen molar-refractivity contribution in [3.63, 3.8) is 0 Å². The van der Waals surface area contributed by atoms with Crippen molar-refractivity contribution in [2.24, 2.45) is 5.92 Å². The highest BCUT2D eigenvalue weighted by Gasteiger charge is 2.30. The predicted molar refractivity (Wildman–Crippen MR) is 124 cm³/mol. The number of nitrogens with zero attached hydrogens (tertiary/aromatic N) is 3. The fourth-order valence-corrected chi connectivity index (χ4v) is 4.93. The third kappa shape index (κ3) is 4.39. The SMILES string of the molecule is COc1ccc(CNc2nccn3c2c(Br)nc3[C@H]2CC[C@H](C(=O)OC)CC2)c(OC)c1. The fraction of sp³-hybridized carbons (Fsp3) is 0.435. The van der Waals surface area contributed by atoms with E-state index in [1.54, 1.807) is 20.4 Å². The van der Waals surface area contributed by atoms with Crippen LogP contribution in [0.2, 0.25) is 0 Å². The third-order valence-corrected chi connectivity index (χ3v) is 6.66. The number of anilines is 1. The van der Waals surface area contributed by atoms with Crippen LogP contribution in [0.15, 0.2) is 35.2 Å². The maximum atomic E-state index is 11.9. The summed E-state index contributed by atoms with van der Waals surface area (Å²) in [5.74, 6) is 3.38. The van der Waals surface area contributed by atoms with Gasteiger partial charge in [0, 0.05) is 36.5 Å². The van der Waals surface area contributed by atoms with Crippen molar-refractivity contribution in [3.8, 4) is 11.5 Å². The number of carbonyl (C=O) groups is 1. The number of carbonyl (C=O) groups excluding carboxylic acids is 1. The van der Waals surface area contributed by atoms with Crippen LogP contribution in [0.25, 0.3) is 5.52 Å².